The molecule has 0 aliphatic heterocycles. The minimum absolute atomic E-state index is 0.0601. The minimum Gasteiger partial charge on any atom is -0.416 e. The van der Waals surface area contributed by atoms with Crippen LogP contribution in [0, 0.1) is 13.8 Å². The zero-order chi connectivity index (χ0) is 25.8. The van der Waals surface area contributed by atoms with E-state index < -0.39 is 0 Å². The summed E-state index contributed by atoms with van der Waals surface area (Å²) in [4.78, 5) is 25.5. The summed E-state index contributed by atoms with van der Waals surface area (Å²) in [6.07, 6.45) is 5.66. The first-order valence-electron chi connectivity index (χ1n) is 12.7. The van der Waals surface area contributed by atoms with Crippen molar-refractivity contribution in [3.63, 3.8) is 0 Å². The number of hydrogen-bond donors (Lipinski definition) is 2. The smallest absolute Gasteiger partial charge is 0.255 e. The quantitative estimate of drug-likeness (QED) is 0.326. The van der Waals surface area contributed by atoms with Crippen LogP contribution in [0.4, 0.5) is 5.69 Å². The maximum absolute atomic E-state index is 12.9. The summed E-state index contributed by atoms with van der Waals surface area (Å²) >= 11 is 0. The van der Waals surface area contributed by atoms with Gasteiger partial charge in [-0.15, -0.1) is 10.2 Å². The van der Waals surface area contributed by atoms with Crippen LogP contribution in [-0.2, 0) is 0 Å². The average Bonchev–Trinajstić information content (AvgIpc) is 3.41. The number of amides is 2. The average molecular weight is 495 g/mol. The third-order valence-electron chi connectivity index (χ3n) is 6.87. The first kappa shape index (κ1) is 24.4. The van der Waals surface area contributed by atoms with Crippen molar-refractivity contribution in [2.45, 2.75) is 52.0 Å². The van der Waals surface area contributed by atoms with Crippen LogP contribution in [0.15, 0.2) is 71.1 Å². The highest BCUT2D eigenvalue weighted by Crippen LogP contribution is 2.26. The first-order valence-corrected chi connectivity index (χ1v) is 12.7. The lowest BCUT2D eigenvalue weighted by Gasteiger charge is -2.23. The number of carbonyl (C=O) groups is 2. The van der Waals surface area contributed by atoms with Gasteiger partial charge in [0, 0.05) is 34.0 Å². The van der Waals surface area contributed by atoms with Crippen molar-refractivity contribution in [3.05, 3.63) is 89.0 Å². The molecular formula is C30H30N4O3. The summed E-state index contributed by atoms with van der Waals surface area (Å²) < 4.78 is 5.87. The van der Waals surface area contributed by atoms with Crippen molar-refractivity contribution < 1.29 is 14.0 Å². The molecule has 1 saturated carbocycles. The molecule has 7 nitrogen and oxygen atoms in total. The number of nitrogens with one attached hydrogen (secondary N) is 2. The van der Waals surface area contributed by atoms with E-state index in [4.69, 9.17) is 4.42 Å². The van der Waals surface area contributed by atoms with E-state index in [1.54, 1.807) is 36.4 Å². The van der Waals surface area contributed by atoms with Crippen LogP contribution in [0.5, 0.6) is 0 Å². The Morgan fingerprint density at radius 1 is 0.784 bits per heavy atom. The van der Waals surface area contributed by atoms with Crippen molar-refractivity contribution in [2.75, 3.05) is 5.32 Å². The number of aromatic nitrogens is 2. The highest BCUT2D eigenvalue weighted by atomic mass is 16.4. The molecule has 2 amide bonds. The molecule has 0 atom stereocenters. The predicted molar refractivity (Wildman–Crippen MR) is 143 cm³/mol. The van der Waals surface area contributed by atoms with Gasteiger partial charge >= 0.3 is 0 Å². The fourth-order valence-corrected chi connectivity index (χ4v) is 4.68. The molecule has 3 aromatic carbocycles. The topological polar surface area (TPSA) is 97.1 Å². The Morgan fingerprint density at radius 2 is 1.49 bits per heavy atom. The van der Waals surface area contributed by atoms with E-state index in [9.17, 15) is 9.59 Å². The Balaban J connectivity index is 1.23. The Bertz CT molecular complexity index is 1420. The second-order valence-electron chi connectivity index (χ2n) is 9.60. The molecule has 1 heterocycles. The summed E-state index contributed by atoms with van der Waals surface area (Å²) in [6.45, 7) is 3.88. The molecule has 0 bridgehead atoms. The Labute approximate surface area is 216 Å². The number of benzene rings is 3. The molecular weight excluding hydrogens is 464 g/mol. The standard InChI is InChI=1S/C30H30N4O3/c1-19-8-6-7-11-25(19)30-34-33-29(37-30)22-14-12-21(13-15-22)27(35)32-26-17-16-23(18-20(26)2)28(36)31-24-9-4-3-5-10-24/h6-8,11-18,24H,3-5,9-10H2,1-2H3,(H,31,36)(H,32,35). The normalized spacial score (nSPS) is 13.8. The van der Waals surface area contributed by atoms with Gasteiger partial charge in [-0.3, -0.25) is 9.59 Å². The van der Waals surface area contributed by atoms with E-state index >= 15 is 0 Å². The fourth-order valence-electron chi connectivity index (χ4n) is 4.68. The molecule has 1 aliphatic rings. The van der Waals surface area contributed by atoms with Gasteiger partial charge in [-0.1, -0.05) is 37.5 Å². The highest BCUT2D eigenvalue weighted by Gasteiger charge is 2.18. The van der Waals surface area contributed by atoms with Crippen molar-refractivity contribution in [2.24, 2.45) is 0 Å². The zero-order valence-electron chi connectivity index (χ0n) is 21.1. The summed E-state index contributed by atoms with van der Waals surface area (Å²) in [5, 5.41) is 14.4. The van der Waals surface area contributed by atoms with Crippen molar-refractivity contribution in [3.8, 4) is 22.9 Å². The summed E-state index contributed by atoms with van der Waals surface area (Å²) in [5.41, 5.74) is 5.28. The van der Waals surface area contributed by atoms with E-state index in [2.05, 4.69) is 20.8 Å². The van der Waals surface area contributed by atoms with Gasteiger partial charge < -0.3 is 15.1 Å². The van der Waals surface area contributed by atoms with E-state index in [0.717, 1.165) is 35.1 Å². The van der Waals surface area contributed by atoms with Gasteiger partial charge in [0.15, 0.2) is 0 Å². The molecule has 188 valence electrons. The largest absolute Gasteiger partial charge is 0.416 e. The van der Waals surface area contributed by atoms with Gasteiger partial charge in [0.1, 0.15) is 0 Å². The van der Waals surface area contributed by atoms with Gasteiger partial charge in [-0.2, -0.15) is 0 Å². The molecule has 4 aromatic rings. The van der Waals surface area contributed by atoms with Crippen LogP contribution in [0.25, 0.3) is 22.9 Å². The summed E-state index contributed by atoms with van der Waals surface area (Å²) in [5.74, 6) is 0.555. The van der Waals surface area contributed by atoms with Gasteiger partial charge in [0.25, 0.3) is 11.8 Å². The molecule has 1 aromatic heterocycles. The SMILES string of the molecule is Cc1cc(C(=O)NC2CCCCC2)ccc1NC(=O)c1ccc(-c2nnc(-c3ccccc3C)o2)cc1. The molecule has 0 saturated heterocycles. The van der Waals surface area contributed by atoms with Crippen LogP contribution in [0.3, 0.4) is 0 Å². The van der Waals surface area contributed by atoms with Crippen LogP contribution in [-0.4, -0.2) is 28.1 Å². The molecule has 2 N–H and O–H groups in total. The molecule has 0 spiro atoms. The lowest BCUT2D eigenvalue weighted by Crippen LogP contribution is -2.36. The Kier molecular flexibility index (Phi) is 7.12. The van der Waals surface area contributed by atoms with Crippen molar-refractivity contribution in [1.82, 2.24) is 15.5 Å². The van der Waals surface area contributed by atoms with Gasteiger partial charge in [0.2, 0.25) is 11.8 Å². The summed E-state index contributed by atoms with van der Waals surface area (Å²) in [7, 11) is 0. The van der Waals surface area contributed by atoms with E-state index in [1.165, 1.54) is 19.3 Å². The Hall–Kier alpha value is -4.26. The van der Waals surface area contributed by atoms with Crippen molar-refractivity contribution in [1.29, 1.82) is 0 Å². The number of aryl methyl sites for hydroxylation is 2. The van der Waals surface area contributed by atoms with Gasteiger partial charge in [0.05, 0.1) is 0 Å². The second kappa shape index (κ2) is 10.8. The fraction of sp³-hybridized carbons (Fsp3) is 0.267. The Morgan fingerprint density at radius 3 is 2.22 bits per heavy atom. The van der Waals surface area contributed by atoms with Crippen LogP contribution in [0.1, 0.15) is 63.9 Å². The van der Waals surface area contributed by atoms with E-state index in [0.29, 0.717) is 28.6 Å². The van der Waals surface area contributed by atoms with Crippen LogP contribution < -0.4 is 10.6 Å². The van der Waals surface area contributed by atoms with E-state index in [1.807, 2.05) is 44.2 Å². The van der Waals surface area contributed by atoms with Crippen LogP contribution in [0.2, 0.25) is 0 Å². The zero-order valence-corrected chi connectivity index (χ0v) is 21.1. The lowest BCUT2D eigenvalue weighted by atomic mass is 9.95. The number of carbonyl (C=O) groups excluding carboxylic acids is 2. The molecule has 1 aliphatic carbocycles. The van der Waals surface area contributed by atoms with Gasteiger partial charge in [-0.25, -0.2) is 0 Å². The maximum atomic E-state index is 12.9. The molecule has 0 unspecified atom stereocenters. The minimum atomic E-state index is -0.236. The van der Waals surface area contributed by atoms with E-state index in [-0.39, 0.29) is 17.9 Å². The number of hydrogen-bond acceptors (Lipinski definition) is 5. The first-order chi connectivity index (χ1) is 18.0. The monoisotopic (exact) mass is 494 g/mol. The lowest BCUT2D eigenvalue weighted by molar-refractivity contribution is 0.0927. The molecule has 7 heteroatoms. The third-order valence-corrected chi connectivity index (χ3v) is 6.87. The molecule has 37 heavy (non-hydrogen) atoms. The van der Waals surface area contributed by atoms with Crippen LogP contribution >= 0.6 is 0 Å². The third kappa shape index (κ3) is 5.61. The molecule has 1 fully saturated rings. The number of nitrogens with zero attached hydrogens (tertiary/aromatic N) is 2. The number of anilines is 1. The predicted octanol–water partition coefficient (Wildman–Crippen LogP) is 6.34. The molecule has 5 rings (SSSR count). The van der Waals surface area contributed by atoms with Crippen molar-refractivity contribution >= 4 is 17.5 Å². The second-order valence-corrected chi connectivity index (χ2v) is 9.60. The highest BCUT2D eigenvalue weighted by molar-refractivity contribution is 6.05. The maximum Gasteiger partial charge on any atom is 0.255 e. The van der Waals surface area contributed by atoms with Gasteiger partial charge in [-0.05, 0) is 86.3 Å². The molecule has 0 radical (unpaired) electrons. The number of rotatable bonds is 6. The summed E-state index contributed by atoms with van der Waals surface area (Å²) in [6, 6.07) is 20.5.